The number of carboxylic acid groups (broad SMARTS) is 1. The smallest absolute Gasteiger partial charge is 0.307 e. The maximum atomic E-state index is 12.9. The minimum Gasteiger partial charge on any atom is -0.481 e. The zero-order valence-corrected chi connectivity index (χ0v) is 21.4. The summed E-state index contributed by atoms with van der Waals surface area (Å²) in [5, 5.41) is 12.6. The van der Waals surface area contributed by atoms with Crippen LogP contribution in [0.15, 0.2) is 61.8 Å². The van der Waals surface area contributed by atoms with Gasteiger partial charge in [-0.2, -0.15) is 0 Å². The quantitative estimate of drug-likeness (QED) is 0.249. The largest absolute Gasteiger partial charge is 0.481 e. The molecule has 2 aromatic carbocycles. The fourth-order valence-electron chi connectivity index (χ4n) is 4.56. The van der Waals surface area contributed by atoms with E-state index in [1.807, 2.05) is 42.5 Å². The van der Waals surface area contributed by atoms with E-state index in [0.717, 1.165) is 35.7 Å². The number of nitrogens with zero attached hydrogens (tertiary/aromatic N) is 1. The first-order chi connectivity index (χ1) is 15.4. The molecule has 5 nitrogen and oxygen atoms in total. The number of nitrogens with one attached hydrogen (secondary N) is 1. The number of amides is 1. The van der Waals surface area contributed by atoms with E-state index in [1.54, 1.807) is 23.1 Å². The standard InChI is InChI=1S/C23H18Br2N2O3S2/c24-14-4-3-13(16(25)8-14)10-31-23-27-17-6-5-15(9-18(17)32-23)26-21(28)19-11-1-2-12(7-11)20(19)22(29)30/h1-6,8-9,11-12,19-20H,7,10H2,(H,26,28)(H,29,30)/t11-,12-,19+,20+/m0/s1. The molecule has 0 radical (unpaired) electrons. The summed E-state index contributed by atoms with van der Waals surface area (Å²) in [5.41, 5.74) is 2.75. The van der Waals surface area contributed by atoms with Gasteiger partial charge in [-0.3, -0.25) is 9.59 Å². The molecule has 1 heterocycles. The zero-order chi connectivity index (χ0) is 22.4. The lowest BCUT2D eigenvalue weighted by atomic mass is 9.82. The average Bonchev–Trinajstić information content (AvgIpc) is 3.46. The van der Waals surface area contributed by atoms with Crippen molar-refractivity contribution in [2.75, 3.05) is 5.32 Å². The average molecular weight is 594 g/mol. The molecule has 32 heavy (non-hydrogen) atoms. The lowest BCUT2D eigenvalue weighted by Gasteiger charge is -2.23. The van der Waals surface area contributed by atoms with Gasteiger partial charge in [-0.1, -0.05) is 61.8 Å². The van der Waals surface area contributed by atoms with Crippen LogP contribution in [0, 0.1) is 23.7 Å². The van der Waals surface area contributed by atoms with Crippen molar-refractivity contribution < 1.29 is 14.7 Å². The lowest BCUT2D eigenvalue weighted by molar-refractivity contribution is -0.146. The second-order valence-corrected chi connectivity index (χ2v) is 12.0. The SMILES string of the molecule is O=C(O)[C@H]1[C@H](C(=O)Nc2ccc3nc(SCc4ccc(Br)cc4Br)sc3c2)[C@H]2C=C[C@H]1C2. The van der Waals surface area contributed by atoms with Crippen molar-refractivity contribution in [2.45, 2.75) is 16.5 Å². The number of allylic oxidation sites excluding steroid dienone is 2. The Kier molecular flexibility index (Phi) is 6.17. The Morgan fingerprint density at radius 1 is 1.12 bits per heavy atom. The van der Waals surface area contributed by atoms with E-state index in [-0.39, 0.29) is 17.7 Å². The highest BCUT2D eigenvalue weighted by Gasteiger charge is 2.51. The predicted molar refractivity (Wildman–Crippen MR) is 135 cm³/mol. The summed E-state index contributed by atoms with van der Waals surface area (Å²) < 4.78 is 4.04. The number of anilines is 1. The number of hydrogen-bond acceptors (Lipinski definition) is 5. The summed E-state index contributed by atoms with van der Waals surface area (Å²) in [5.74, 6) is -1.50. The zero-order valence-electron chi connectivity index (χ0n) is 16.6. The minimum atomic E-state index is -0.890. The first kappa shape index (κ1) is 22.1. The topological polar surface area (TPSA) is 79.3 Å². The maximum absolute atomic E-state index is 12.9. The second kappa shape index (κ2) is 8.93. The number of hydrogen-bond donors (Lipinski definition) is 2. The molecule has 3 aromatic rings. The molecule has 0 saturated heterocycles. The van der Waals surface area contributed by atoms with E-state index in [9.17, 15) is 14.7 Å². The van der Waals surface area contributed by atoms with E-state index < -0.39 is 17.8 Å². The normalized spacial score (nSPS) is 23.7. The summed E-state index contributed by atoms with van der Waals surface area (Å²) in [6, 6.07) is 11.8. The molecule has 0 aliphatic heterocycles. The number of carbonyl (C=O) groups is 2. The van der Waals surface area contributed by atoms with Crippen molar-refractivity contribution in [3.8, 4) is 0 Å². The first-order valence-corrected chi connectivity index (χ1v) is 13.5. The number of halogens is 2. The van der Waals surface area contributed by atoms with Gasteiger partial charge in [0.2, 0.25) is 5.91 Å². The second-order valence-electron chi connectivity index (χ2n) is 8.01. The molecule has 2 aliphatic carbocycles. The van der Waals surface area contributed by atoms with Crippen LogP contribution in [0.25, 0.3) is 10.2 Å². The number of aliphatic carboxylic acids is 1. The third kappa shape index (κ3) is 4.27. The van der Waals surface area contributed by atoms with E-state index in [1.165, 1.54) is 5.56 Å². The van der Waals surface area contributed by atoms with Crippen LogP contribution in [0.2, 0.25) is 0 Å². The third-order valence-electron chi connectivity index (χ3n) is 6.05. The Balaban J connectivity index is 1.29. The molecule has 2 bridgehead atoms. The fourth-order valence-corrected chi connectivity index (χ4v) is 8.05. The molecule has 9 heteroatoms. The van der Waals surface area contributed by atoms with Gasteiger partial charge in [0.1, 0.15) is 0 Å². The minimum absolute atomic E-state index is 0.00849. The monoisotopic (exact) mass is 592 g/mol. The van der Waals surface area contributed by atoms with Crippen LogP contribution >= 0.6 is 55.0 Å². The van der Waals surface area contributed by atoms with Crippen molar-refractivity contribution in [3.05, 3.63) is 63.1 Å². The van der Waals surface area contributed by atoms with Gasteiger partial charge in [-0.25, -0.2) is 4.98 Å². The van der Waals surface area contributed by atoms with Crippen molar-refractivity contribution in [1.29, 1.82) is 0 Å². The summed E-state index contributed by atoms with van der Waals surface area (Å²) in [4.78, 5) is 29.3. The fraction of sp³-hybridized carbons (Fsp3) is 0.261. The molecule has 1 saturated carbocycles. The number of rotatable bonds is 6. The van der Waals surface area contributed by atoms with Crippen molar-refractivity contribution in [1.82, 2.24) is 4.98 Å². The van der Waals surface area contributed by atoms with E-state index in [4.69, 9.17) is 4.98 Å². The number of benzene rings is 2. The van der Waals surface area contributed by atoms with Gasteiger partial charge in [-0.15, -0.1) is 11.3 Å². The predicted octanol–water partition coefficient (Wildman–Crippen LogP) is 6.58. The van der Waals surface area contributed by atoms with E-state index in [2.05, 4.69) is 43.2 Å². The number of thiazole rings is 1. The molecule has 1 fully saturated rings. The molecule has 164 valence electrons. The highest BCUT2D eigenvalue weighted by atomic mass is 79.9. The van der Waals surface area contributed by atoms with Crippen LogP contribution in [-0.2, 0) is 15.3 Å². The van der Waals surface area contributed by atoms with Gasteiger partial charge in [0.05, 0.1) is 22.1 Å². The van der Waals surface area contributed by atoms with Crippen LogP contribution < -0.4 is 5.32 Å². The summed E-state index contributed by atoms with van der Waals surface area (Å²) in [6.07, 6.45) is 4.69. The first-order valence-electron chi connectivity index (χ1n) is 10.1. The van der Waals surface area contributed by atoms with Crippen molar-refractivity contribution in [2.24, 2.45) is 23.7 Å². The van der Waals surface area contributed by atoms with Gasteiger partial charge in [0.15, 0.2) is 4.34 Å². The van der Waals surface area contributed by atoms with Crippen LogP contribution in [0.3, 0.4) is 0 Å². The number of fused-ring (bicyclic) bond motifs is 3. The Morgan fingerprint density at radius 3 is 2.66 bits per heavy atom. The molecule has 2 N–H and O–H groups in total. The molecule has 0 spiro atoms. The Hall–Kier alpha value is -1.68. The molecular formula is C23H18Br2N2O3S2. The summed E-state index contributed by atoms with van der Waals surface area (Å²) in [6.45, 7) is 0. The number of carboxylic acids is 1. The summed E-state index contributed by atoms with van der Waals surface area (Å²) in [7, 11) is 0. The summed E-state index contributed by atoms with van der Waals surface area (Å²) >= 11 is 10.3. The maximum Gasteiger partial charge on any atom is 0.307 e. The van der Waals surface area contributed by atoms with Gasteiger partial charge >= 0.3 is 5.97 Å². The number of thioether (sulfide) groups is 1. The van der Waals surface area contributed by atoms with Gasteiger partial charge in [-0.05, 0) is 54.2 Å². The van der Waals surface area contributed by atoms with Crippen LogP contribution in [0.5, 0.6) is 0 Å². The van der Waals surface area contributed by atoms with E-state index in [0.29, 0.717) is 5.69 Å². The van der Waals surface area contributed by atoms with Crippen LogP contribution in [-0.4, -0.2) is 22.0 Å². The van der Waals surface area contributed by atoms with E-state index >= 15 is 0 Å². The molecular weight excluding hydrogens is 576 g/mol. The molecule has 1 aromatic heterocycles. The van der Waals surface area contributed by atoms with Crippen molar-refractivity contribution >= 4 is 82.7 Å². The van der Waals surface area contributed by atoms with Gasteiger partial charge in [0, 0.05) is 20.4 Å². The van der Waals surface area contributed by atoms with Gasteiger partial charge in [0.25, 0.3) is 0 Å². The number of carbonyl (C=O) groups excluding carboxylic acids is 1. The van der Waals surface area contributed by atoms with Gasteiger partial charge < -0.3 is 10.4 Å². The number of aromatic nitrogens is 1. The van der Waals surface area contributed by atoms with Crippen molar-refractivity contribution in [3.63, 3.8) is 0 Å². The third-order valence-corrected chi connectivity index (χ3v) is 9.49. The Bertz CT molecular complexity index is 1260. The molecule has 1 amide bonds. The van der Waals surface area contributed by atoms with Crippen LogP contribution in [0.4, 0.5) is 5.69 Å². The molecule has 2 aliphatic rings. The highest BCUT2D eigenvalue weighted by molar-refractivity contribution is 9.11. The Labute approximate surface area is 210 Å². The van der Waals surface area contributed by atoms with Crippen LogP contribution in [0.1, 0.15) is 12.0 Å². The molecule has 4 atom stereocenters. The highest BCUT2D eigenvalue weighted by Crippen LogP contribution is 2.48. The molecule has 0 unspecified atom stereocenters. The lowest BCUT2D eigenvalue weighted by Crippen LogP contribution is -2.36. The Morgan fingerprint density at radius 2 is 1.91 bits per heavy atom. The molecule has 5 rings (SSSR count).